The van der Waals surface area contributed by atoms with Crippen LogP contribution in [0.15, 0.2) is 17.4 Å². The third kappa shape index (κ3) is 4.50. The zero-order chi connectivity index (χ0) is 17.6. The largest absolute Gasteiger partial charge is 0.381 e. The average Bonchev–Trinajstić information content (AvgIpc) is 3.05. The van der Waals surface area contributed by atoms with Crippen LogP contribution in [0.5, 0.6) is 0 Å². The molecule has 0 aromatic carbocycles. The summed E-state index contributed by atoms with van der Waals surface area (Å²) in [5.74, 6) is 1.50. The van der Waals surface area contributed by atoms with Gasteiger partial charge < -0.3 is 19.9 Å². The van der Waals surface area contributed by atoms with E-state index in [1.165, 1.54) is 0 Å². The summed E-state index contributed by atoms with van der Waals surface area (Å²) in [6, 6.07) is 0. The summed E-state index contributed by atoms with van der Waals surface area (Å²) >= 11 is 0. The van der Waals surface area contributed by atoms with Crippen molar-refractivity contribution >= 4 is 17.6 Å². The highest BCUT2D eigenvalue weighted by molar-refractivity contribution is 5.98. The van der Waals surface area contributed by atoms with Crippen molar-refractivity contribution in [3.63, 3.8) is 0 Å². The maximum Gasteiger partial charge on any atom is 0.246 e. The van der Waals surface area contributed by atoms with Crippen molar-refractivity contribution in [1.29, 1.82) is 0 Å². The second-order valence-electron chi connectivity index (χ2n) is 6.59. The minimum atomic E-state index is 0.0796. The van der Waals surface area contributed by atoms with Gasteiger partial charge in [0.15, 0.2) is 5.96 Å². The summed E-state index contributed by atoms with van der Waals surface area (Å²) in [6.07, 6.45) is 5.74. The summed E-state index contributed by atoms with van der Waals surface area (Å²) in [4.78, 5) is 21.2. The van der Waals surface area contributed by atoms with Gasteiger partial charge >= 0.3 is 0 Å². The Kier molecular flexibility index (Phi) is 5.91. The molecule has 1 aromatic heterocycles. The standard InChI is InChI=1S/C17H28N6O2/c1-3-18-17(19-10-14-4-8-25-9-5-14)22-6-7-23(16(24)13-22)15-11-20-21(2)12-15/h11-12,14H,3-10,13H2,1-2H3,(H,18,19). The number of aromatic nitrogens is 2. The van der Waals surface area contributed by atoms with E-state index in [1.807, 2.05) is 13.2 Å². The lowest BCUT2D eigenvalue weighted by molar-refractivity contribution is -0.120. The van der Waals surface area contributed by atoms with Crippen LogP contribution in [0.3, 0.4) is 0 Å². The Labute approximate surface area is 148 Å². The third-order valence-electron chi connectivity index (χ3n) is 4.70. The van der Waals surface area contributed by atoms with Gasteiger partial charge in [-0.2, -0.15) is 5.10 Å². The molecule has 1 amide bonds. The third-order valence-corrected chi connectivity index (χ3v) is 4.70. The minimum absolute atomic E-state index is 0.0796. The smallest absolute Gasteiger partial charge is 0.246 e. The first kappa shape index (κ1) is 17.7. The molecule has 25 heavy (non-hydrogen) atoms. The quantitative estimate of drug-likeness (QED) is 0.632. The number of nitrogens with one attached hydrogen (secondary N) is 1. The number of amides is 1. The van der Waals surface area contributed by atoms with Crippen LogP contribution in [0.2, 0.25) is 0 Å². The van der Waals surface area contributed by atoms with Gasteiger partial charge in [0, 0.05) is 52.6 Å². The molecule has 1 N–H and O–H groups in total. The molecule has 8 heteroatoms. The number of nitrogens with zero attached hydrogens (tertiary/aromatic N) is 5. The molecule has 0 unspecified atom stereocenters. The number of ether oxygens (including phenoxy) is 1. The highest BCUT2D eigenvalue weighted by Gasteiger charge is 2.27. The van der Waals surface area contributed by atoms with Crippen LogP contribution in [0, 0.1) is 5.92 Å². The fourth-order valence-electron chi connectivity index (χ4n) is 3.25. The molecular weight excluding hydrogens is 320 g/mol. The van der Waals surface area contributed by atoms with E-state index in [1.54, 1.807) is 15.8 Å². The van der Waals surface area contributed by atoms with Crippen LogP contribution in [-0.2, 0) is 16.6 Å². The molecule has 0 spiro atoms. The number of aryl methyl sites for hydroxylation is 1. The number of hydrogen-bond donors (Lipinski definition) is 1. The molecule has 0 aliphatic carbocycles. The summed E-state index contributed by atoms with van der Waals surface area (Å²) in [6.45, 7) is 7.06. The summed E-state index contributed by atoms with van der Waals surface area (Å²) in [7, 11) is 1.86. The van der Waals surface area contributed by atoms with Crippen molar-refractivity contribution in [3.8, 4) is 0 Å². The van der Waals surface area contributed by atoms with Gasteiger partial charge in [-0.15, -0.1) is 0 Å². The number of carbonyl (C=O) groups excluding carboxylic acids is 1. The van der Waals surface area contributed by atoms with Crippen molar-refractivity contribution in [2.24, 2.45) is 18.0 Å². The SMILES string of the molecule is CCNC(=NCC1CCOCC1)N1CCN(c2cnn(C)c2)C(=O)C1. The Bertz CT molecular complexity index is 608. The normalized spacial score (nSPS) is 20.2. The molecule has 8 nitrogen and oxygen atoms in total. The lowest BCUT2D eigenvalue weighted by atomic mass is 10.0. The Balaban J connectivity index is 1.61. The molecule has 138 valence electrons. The lowest BCUT2D eigenvalue weighted by Crippen LogP contribution is -2.55. The molecule has 2 fully saturated rings. The Hall–Kier alpha value is -2.09. The molecule has 2 aliphatic heterocycles. The van der Waals surface area contributed by atoms with Gasteiger partial charge in [-0.3, -0.25) is 14.5 Å². The first-order valence-corrected chi connectivity index (χ1v) is 9.07. The van der Waals surface area contributed by atoms with Gasteiger partial charge in [-0.1, -0.05) is 0 Å². The second-order valence-corrected chi connectivity index (χ2v) is 6.59. The van der Waals surface area contributed by atoms with E-state index in [4.69, 9.17) is 9.73 Å². The number of piperazine rings is 1. The molecule has 0 saturated carbocycles. The van der Waals surface area contributed by atoms with Gasteiger partial charge in [-0.05, 0) is 25.7 Å². The average molecular weight is 348 g/mol. The summed E-state index contributed by atoms with van der Waals surface area (Å²) < 4.78 is 7.13. The number of aliphatic imine (C=N–C) groups is 1. The zero-order valence-corrected chi connectivity index (χ0v) is 15.1. The van der Waals surface area contributed by atoms with E-state index in [0.29, 0.717) is 19.0 Å². The molecule has 0 bridgehead atoms. The molecule has 3 rings (SSSR count). The summed E-state index contributed by atoms with van der Waals surface area (Å²) in [5.41, 5.74) is 0.858. The number of guanidine groups is 1. The van der Waals surface area contributed by atoms with Crippen molar-refractivity contribution in [2.45, 2.75) is 19.8 Å². The highest BCUT2D eigenvalue weighted by Crippen LogP contribution is 2.17. The molecule has 0 radical (unpaired) electrons. The number of hydrogen-bond acceptors (Lipinski definition) is 4. The topological polar surface area (TPSA) is 75.0 Å². The first-order chi connectivity index (χ1) is 12.2. The number of carbonyl (C=O) groups is 1. The first-order valence-electron chi connectivity index (χ1n) is 9.07. The van der Waals surface area contributed by atoms with Gasteiger partial charge in [0.1, 0.15) is 6.54 Å². The minimum Gasteiger partial charge on any atom is -0.381 e. The van der Waals surface area contributed by atoms with Crippen molar-refractivity contribution in [2.75, 3.05) is 50.8 Å². The Morgan fingerprint density at radius 3 is 2.84 bits per heavy atom. The van der Waals surface area contributed by atoms with E-state index < -0.39 is 0 Å². The zero-order valence-electron chi connectivity index (χ0n) is 15.1. The molecule has 1 aromatic rings. The summed E-state index contributed by atoms with van der Waals surface area (Å²) in [5, 5.41) is 7.48. The Morgan fingerprint density at radius 1 is 1.40 bits per heavy atom. The molecular formula is C17H28N6O2. The Morgan fingerprint density at radius 2 is 2.20 bits per heavy atom. The van der Waals surface area contributed by atoms with Crippen LogP contribution < -0.4 is 10.2 Å². The van der Waals surface area contributed by atoms with E-state index in [0.717, 1.165) is 57.3 Å². The van der Waals surface area contributed by atoms with Crippen LogP contribution >= 0.6 is 0 Å². The monoisotopic (exact) mass is 348 g/mol. The molecule has 2 saturated heterocycles. The maximum atomic E-state index is 12.6. The van der Waals surface area contributed by atoms with Crippen LogP contribution in [0.1, 0.15) is 19.8 Å². The van der Waals surface area contributed by atoms with E-state index >= 15 is 0 Å². The molecule has 0 atom stereocenters. The van der Waals surface area contributed by atoms with Gasteiger partial charge in [0.2, 0.25) is 5.91 Å². The fourth-order valence-corrected chi connectivity index (χ4v) is 3.25. The van der Waals surface area contributed by atoms with Crippen LogP contribution in [0.25, 0.3) is 0 Å². The van der Waals surface area contributed by atoms with Gasteiger partial charge in [0.05, 0.1) is 11.9 Å². The predicted octanol–water partition coefficient (Wildman–Crippen LogP) is 0.461. The van der Waals surface area contributed by atoms with Crippen LogP contribution in [0.4, 0.5) is 5.69 Å². The second kappa shape index (κ2) is 8.33. The maximum absolute atomic E-state index is 12.6. The van der Waals surface area contributed by atoms with Crippen molar-refractivity contribution < 1.29 is 9.53 Å². The van der Waals surface area contributed by atoms with Crippen molar-refractivity contribution in [3.05, 3.63) is 12.4 Å². The van der Waals surface area contributed by atoms with Gasteiger partial charge in [-0.25, -0.2) is 0 Å². The van der Waals surface area contributed by atoms with Gasteiger partial charge in [0.25, 0.3) is 0 Å². The molecule has 3 heterocycles. The lowest BCUT2D eigenvalue weighted by Gasteiger charge is -2.35. The highest BCUT2D eigenvalue weighted by atomic mass is 16.5. The van der Waals surface area contributed by atoms with E-state index in [2.05, 4.69) is 22.2 Å². The van der Waals surface area contributed by atoms with Crippen LogP contribution in [-0.4, -0.2) is 72.5 Å². The number of anilines is 1. The fraction of sp³-hybridized carbons (Fsp3) is 0.706. The van der Waals surface area contributed by atoms with E-state index in [9.17, 15) is 4.79 Å². The predicted molar refractivity (Wildman–Crippen MR) is 96.7 cm³/mol. The van der Waals surface area contributed by atoms with E-state index in [-0.39, 0.29) is 5.91 Å². The van der Waals surface area contributed by atoms with Crippen molar-refractivity contribution in [1.82, 2.24) is 20.0 Å². The molecule has 2 aliphatic rings. The number of rotatable bonds is 4.